The molecular weight excluding hydrogens is 571 g/mol. The zero-order valence-corrected chi connectivity index (χ0v) is 27.1. The minimum atomic E-state index is -0.496. The van der Waals surface area contributed by atoms with E-state index in [-0.39, 0.29) is 0 Å². The van der Waals surface area contributed by atoms with Gasteiger partial charge in [-0.2, -0.15) is 0 Å². The maximum Gasteiger partial charge on any atom is 0.164 e. The van der Waals surface area contributed by atoms with Crippen molar-refractivity contribution >= 4 is 0 Å². The van der Waals surface area contributed by atoms with Crippen LogP contribution in [0.2, 0.25) is 0 Å². The zero-order chi connectivity index (χ0) is 32.1. The van der Waals surface area contributed by atoms with Gasteiger partial charge in [-0.05, 0) is 78.3 Å². The topological polar surface area (TPSA) is 38.7 Å². The van der Waals surface area contributed by atoms with E-state index in [1.807, 2.05) is 0 Å². The van der Waals surface area contributed by atoms with Gasteiger partial charge in [0, 0.05) is 16.7 Å². The first-order chi connectivity index (χ1) is 22.9. The van der Waals surface area contributed by atoms with E-state index in [0.29, 0.717) is 17.5 Å². The van der Waals surface area contributed by atoms with Crippen LogP contribution in [0.4, 0.5) is 0 Å². The maximum atomic E-state index is 5.18. The van der Waals surface area contributed by atoms with Gasteiger partial charge in [-0.15, -0.1) is 0 Å². The second-order valence-electron chi connectivity index (χ2n) is 12.7. The van der Waals surface area contributed by atoms with Crippen LogP contribution in [-0.4, -0.2) is 15.0 Å². The molecule has 226 valence electrons. The first-order valence-corrected chi connectivity index (χ1v) is 16.2. The lowest BCUT2D eigenvalue weighted by Crippen LogP contribution is -2.28. The quantitative estimate of drug-likeness (QED) is 0.196. The molecule has 0 spiro atoms. The van der Waals surface area contributed by atoms with Gasteiger partial charge >= 0.3 is 0 Å². The Balaban J connectivity index is 1.41. The molecule has 6 aromatic carbocycles. The fraction of sp³-hybridized carbons (Fsp3) is 0.114. The van der Waals surface area contributed by atoms with E-state index in [1.165, 1.54) is 44.5 Å². The van der Waals surface area contributed by atoms with Crippen molar-refractivity contribution < 1.29 is 0 Å². The van der Waals surface area contributed by atoms with Gasteiger partial charge in [-0.25, -0.2) is 15.0 Å². The molecule has 47 heavy (non-hydrogen) atoms. The second kappa shape index (κ2) is 11.3. The number of hydrogen-bond acceptors (Lipinski definition) is 3. The third kappa shape index (κ3) is 4.70. The van der Waals surface area contributed by atoms with Crippen LogP contribution in [0.5, 0.6) is 0 Å². The van der Waals surface area contributed by atoms with Crippen molar-refractivity contribution in [3.63, 3.8) is 0 Å². The van der Waals surface area contributed by atoms with Crippen LogP contribution in [0.25, 0.3) is 45.3 Å². The average molecular weight is 606 g/mol. The Morgan fingerprint density at radius 3 is 1.40 bits per heavy atom. The van der Waals surface area contributed by atoms with E-state index >= 15 is 0 Å². The summed E-state index contributed by atoms with van der Waals surface area (Å²) < 4.78 is 0. The third-order valence-electron chi connectivity index (χ3n) is 9.60. The fourth-order valence-corrected chi connectivity index (χ4v) is 7.46. The molecular formula is C44H35N3. The molecule has 7 aromatic rings. The zero-order valence-electron chi connectivity index (χ0n) is 27.1. The molecule has 0 saturated heterocycles. The summed E-state index contributed by atoms with van der Waals surface area (Å²) in [6.45, 7) is 8.49. The number of hydrogen-bond donors (Lipinski definition) is 0. The van der Waals surface area contributed by atoms with Crippen molar-refractivity contribution in [1.29, 1.82) is 0 Å². The fourth-order valence-electron chi connectivity index (χ4n) is 7.46. The molecule has 3 nitrogen and oxygen atoms in total. The highest BCUT2D eigenvalue weighted by atomic mass is 15.0. The number of rotatable bonds is 5. The molecule has 3 heteroatoms. The molecule has 8 rings (SSSR count). The molecule has 0 amide bonds. The summed E-state index contributed by atoms with van der Waals surface area (Å²) >= 11 is 0. The van der Waals surface area contributed by atoms with Crippen molar-refractivity contribution in [2.45, 2.75) is 33.1 Å². The number of fused-ring (bicyclic) bond motifs is 3. The molecule has 1 aliphatic rings. The van der Waals surface area contributed by atoms with Crippen molar-refractivity contribution in [1.82, 2.24) is 15.0 Å². The molecule has 1 aromatic heterocycles. The van der Waals surface area contributed by atoms with Gasteiger partial charge in [0.25, 0.3) is 0 Å². The van der Waals surface area contributed by atoms with Gasteiger partial charge in [0.05, 0.1) is 5.41 Å². The molecule has 0 saturated carbocycles. The lowest BCUT2D eigenvalue weighted by atomic mass is 9.67. The Morgan fingerprint density at radius 1 is 0.383 bits per heavy atom. The molecule has 0 unspecified atom stereocenters. The predicted molar refractivity (Wildman–Crippen MR) is 192 cm³/mol. The normalized spacial score (nSPS) is 12.9. The average Bonchev–Trinajstić information content (AvgIpc) is 3.39. The van der Waals surface area contributed by atoms with Gasteiger partial charge in [0.2, 0.25) is 0 Å². The highest BCUT2D eigenvalue weighted by molar-refractivity contribution is 5.88. The maximum absolute atomic E-state index is 5.18. The summed E-state index contributed by atoms with van der Waals surface area (Å²) in [4.78, 5) is 15.5. The monoisotopic (exact) mass is 605 g/mol. The number of benzene rings is 6. The SMILES string of the molecule is Cc1ccc(-c2nc(-c3ccc4c(c3)C(c3ccccc3)(c3ccccc3)c3ccccc3-4)nc(-c3ccc(C)cc3C)n2)c(C)c1. The van der Waals surface area contributed by atoms with Crippen LogP contribution in [0.3, 0.4) is 0 Å². The second-order valence-corrected chi connectivity index (χ2v) is 12.7. The van der Waals surface area contributed by atoms with E-state index in [9.17, 15) is 0 Å². The molecule has 0 aliphatic heterocycles. The highest BCUT2D eigenvalue weighted by Crippen LogP contribution is 2.56. The summed E-state index contributed by atoms with van der Waals surface area (Å²) in [7, 11) is 0. The lowest BCUT2D eigenvalue weighted by Gasteiger charge is -2.34. The van der Waals surface area contributed by atoms with Crippen LogP contribution >= 0.6 is 0 Å². The highest BCUT2D eigenvalue weighted by Gasteiger charge is 2.46. The summed E-state index contributed by atoms with van der Waals surface area (Å²) in [5, 5.41) is 0. The van der Waals surface area contributed by atoms with Crippen molar-refractivity contribution in [3.8, 4) is 45.3 Å². The Labute approximate surface area is 276 Å². The van der Waals surface area contributed by atoms with Crippen molar-refractivity contribution in [3.05, 3.63) is 184 Å². The van der Waals surface area contributed by atoms with Gasteiger partial charge < -0.3 is 0 Å². The largest absolute Gasteiger partial charge is 0.208 e. The van der Waals surface area contributed by atoms with E-state index < -0.39 is 5.41 Å². The summed E-state index contributed by atoms with van der Waals surface area (Å²) in [5.74, 6) is 2.03. The molecule has 1 heterocycles. The number of aryl methyl sites for hydroxylation is 4. The Kier molecular flexibility index (Phi) is 6.91. The van der Waals surface area contributed by atoms with E-state index in [0.717, 1.165) is 27.8 Å². The Morgan fingerprint density at radius 2 is 0.851 bits per heavy atom. The van der Waals surface area contributed by atoms with Gasteiger partial charge in [-0.3, -0.25) is 0 Å². The van der Waals surface area contributed by atoms with E-state index in [4.69, 9.17) is 15.0 Å². The van der Waals surface area contributed by atoms with E-state index in [2.05, 4.69) is 167 Å². The first kappa shape index (κ1) is 28.8. The lowest BCUT2D eigenvalue weighted by molar-refractivity contribution is 0.768. The van der Waals surface area contributed by atoms with Crippen molar-refractivity contribution in [2.24, 2.45) is 0 Å². The summed E-state index contributed by atoms with van der Waals surface area (Å²) in [5.41, 5.74) is 14.7. The van der Waals surface area contributed by atoms with Crippen LogP contribution in [0, 0.1) is 27.7 Å². The van der Waals surface area contributed by atoms with Crippen LogP contribution in [-0.2, 0) is 5.41 Å². The molecule has 0 fully saturated rings. The predicted octanol–water partition coefficient (Wildman–Crippen LogP) is 10.5. The standard InChI is InChI=1S/C44H35N3/c1-28-19-22-35(30(3)25-28)42-45-41(46-43(47-42)36-23-20-29(2)26-31(36)4)32-21-24-38-37-17-11-12-18-39(37)44(40(38)27-32,33-13-7-5-8-14-33)34-15-9-6-10-16-34/h5-27H,1-4H3. The molecule has 0 radical (unpaired) electrons. The van der Waals surface area contributed by atoms with Gasteiger partial charge in [-0.1, -0.05) is 145 Å². The van der Waals surface area contributed by atoms with Crippen LogP contribution in [0.15, 0.2) is 140 Å². The molecule has 0 N–H and O–H groups in total. The number of aromatic nitrogens is 3. The number of nitrogens with zero attached hydrogens (tertiary/aromatic N) is 3. The molecule has 0 atom stereocenters. The third-order valence-corrected chi connectivity index (χ3v) is 9.60. The van der Waals surface area contributed by atoms with E-state index in [1.54, 1.807) is 0 Å². The minimum absolute atomic E-state index is 0.496. The molecule has 1 aliphatic carbocycles. The smallest absolute Gasteiger partial charge is 0.164 e. The summed E-state index contributed by atoms with van der Waals surface area (Å²) in [6.07, 6.45) is 0. The Hall–Kier alpha value is -5.67. The Bertz CT molecular complexity index is 2180. The van der Waals surface area contributed by atoms with Gasteiger partial charge in [0.1, 0.15) is 0 Å². The first-order valence-electron chi connectivity index (χ1n) is 16.2. The minimum Gasteiger partial charge on any atom is -0.208 e. The van der Waals surface area contributed by atoms with Crippen LogP contribution in [0.1, 0.15) is 44.5 Å². The van der Waals surface area contributed by atoms with Gasteiger partial charge in [0.15, 0.2) is 17.5 Å². The molecule has 0 bridgehead atoms. The summed E-state index contributed by atoms with van der Waals surface area (Å²) in [6, 6.07) is 50.3. The van der Waals surface area contributed by atoms with Crippen LogP contribution < -0.4 is 0 Å². The van der Waals surface area contributed by atoms with Crippen molar-refractivity contribution in [2.75, 3.05) is 0 Å².